The molecule has 0 aliphatic heterocycles. The summed E-state index contributed by atoms with van der Waals surface area (Å²) in [6, 6.07) is 2.01. The van der Waals surface area contributed by atoms with E-state index in [1.165, 1.54) is 0 Å². The molecule has 72 valence electrons. The van der Waals surface area contributed by atoms with Gasteiger partial charge in [-0.05, 0) is 18.9 Å². The Labute approximate surface area is 79.4 Å². The van der Waals surface area contributed by atoms with Crippen molar-refractivity contribution in [2.24, 2.45) is 5.73 Å². The largest absolute Gasteiger partial charge is 0.325 e. The molecule has 13 heavy (non-hydrogen) atoms. The van der Waals surface area contributed by atoms with Crippen molar-refractivity contribution in [3.63, 3.8) is 0 Å². The van der Waals surface area contributed by atoms with Gasteiger partial charge in [0, 0.05) is 18.2 Å². The zero-order valence-corrected chi connectivity index (χ0v) is 8.33. The van der Waals surface area contributed by atoms with Gasteiger partial charge in [-0.2, -0.15) is 0 Å². The third kappa shape index (κ3) is 2.49. The maximum atomic E-state index is 5.51. The van der Waals surface area contributed by atoms with E-state index in [0.717, 1.165) is 24.2 Å². The Balaban J connectivity index is 2.86. The van der Waals surface area contributed by atoms with E-state index >= 15 is 0 Å². The molecule has 0 bridgehead atoms. The van der Waals surface area contributed by atoms with Gasteiger partial charge in [-0.1, -0.05) is 13.8 Å². The Kier molecular flexibility index (Phi) is 3.83. The molecule has 2 N–H and O–H groups in total. The van der Waals surface area contributed by atoms with Crippen LogP contribution in [0.5, 0.6) is 0 Å². The minimum atomic E-state index is 0.496. The summed E-state index contributed by atoms with van der Waals surface area (Å²) in [7, 11) is 0. The molecule has 1 heterocycles. The number of rotatable bonds is 4. The van der Waals surface area contributed by atoms with Crippen LogP contribution in [0.4, 0.5) is 0 Å². The van der Waals surface area contributed by atoms with E-state index in [9.17, 15) is 0 Å². The Hall–Kier alpha value is -0.960. The average Bonchev–Trinajstić information content (AvgIpc) is 2.20. The fraction of sp³-hybridized carbons (Fsp3) is 0.600. The van der Waals surface area contributed by atoms with Gasteiger partial charge < -0.3 is 5.73 Å². The highest BCUT2D eigenvalue weighted by Gasteiger charge is 2.08. The molecule has 0 saturated carbocycles. The van der Waals surface area contributed by atoms with Gasteiger partial charge in [-0.25, -0.2) is 9.97 Å². The van der Waals surface area contributed by atoms with Crippen LogP contribution < -0.4 is 5.73 Å². The molecule has 0 aliphatic carbocycles. The average molecular weight is 179 g/mol. The molecule has 0 radical (unpaired) electrons. The van der Waals surface area contributed by atoms with Crippen molar-refractivity contribution < 1.29 is 0 Å². The molecule has 1 rings (SSSR count). The minimum Gasteiger partial charge on any atom is -0.325 e. The number of aromatic nitrogens is 2. The molecule has 0 atom stereocenters. The summed E-state index contributed by atoms with van der Waals surface area (Å²) >= 11 is 0. The van der Waals surface area contributed by atoms with E-state index in [0.29, 0.717) is 12.5 Å². The maximum Gasteiger partial charge on any atom is 0.115 e. The molecular formula is C10H17N3. The predicted octanol–water partition coefficient (Wildman–Crippen LogP) is 1.84. The van der Waals surface area contributed by atoms with Crippen LogP contribution >= 0.6 is 0 Å². The van der Waals surface area contributed by atoms with Crippen molar-refractivity contribution in [2.45, 2.75) is 39.2 Å². The van der Waals surface area contributed by atoms with Crippen LogP contribution in [0.25, 0.3) is 0 Å². The summed E-state index contributed by atoms with van der Waals surface area (Å²) in [5.41, 5.74) is 7.56. The third-order valence-corrected chi connectivity index (χ3v) is 2.36. The van der Waals surface area contributed by atoms with Crippen molar-refractivity contribution in [1.82, 2.24) is 9.97 Å². The maximum absolute atomic E-state index is 5.51. The molecule has 3 heteroatoms. The van der Waals surface area contributed by atoms with Gasteiger partial charge >= 0.3 is 0 Å². The van der Waals surface area contributed by atoms with Crippen LogP contribution in [0.15, 0.2) is 12.4 Å². The lowest BCUT2D eigenvalue weighted by Crippen LogP contribution is -2.05. The zero-order valence-electron chi connectivity index (χ0n) is 8.33. The van der Waals surface area contributed by atoms with Gasteiger partial charge in [0.2, 0.25) is 0 Å². The highest BCUT2D eigenvalue weighted by molar-refractivity contribution is 5.12. The topological polar surface area (TPSA) is 51.8 Å². The summed E-state index contributed by atoms with van der Waals surface area (Å²) in [6.07, 6.45) is 3.85. The second-order valence-corrected chi connectivity index (χ2v) is 3.15. The Morgan fingerprint density at radius 2 is 2.00 bits per heavy atom. The van der Waals surface area contributed by atoms with E-state index < -0.39 is 0 Å². The van der Waals surface area contributed by atoms with Crippen LogP contribution in [0, 0.1) is 0 Å². The normalized spacial score (nSPS) is 10.8. The molecular weight excluding hydrogens is 162 g/mol. The lowest BCUT2D eigenvalue weighted by Gasteiger charge is -2.11. The number of nitrogens with two attached hydrogens (primary N) is 1. The molecule has 0 aliphatic rings. The first-order valence-corrected chi connectivity index (χ1v) is 4.82. The standard InChI is InChI=1S/C10H17N3/c1-3-8(4-2)10-5-9(6-11)12-7-13-10/h5,7-8H,3-4,6,11H2,1-2H3. The van der Waals surface area contributed by atoms with Crippen molar-refractivity contribution >= 4 is 0 Å². The SMILES string of the molecule is CCC(CC)c1cc(CN)ncn1. The van der Waals surface area contributed by atoms with Crippen LogP contribution in [0.3, 0.4) is 0 Å². The Morgan fingerprint density at radius 1 is 1.31 bits per heavy atom. The van der Waals surface area contributed by atoms with Crippen LogP contribution in [0.1, 0.15) is 44.0 Å². The molecule has 1 aromatic heterocycles. The van der Waals surface area contributed by atoms with Crippen molar-refractivity contribution in [3.8, 4) is 0 Å². The van der Waals surface area contributed by atoms with Crippen molar-refractivity contribution in [1.29, 1.82) is 0 Å². The minimum absolute atomic E-state index is 0.496. The summed E-state index contributed by atoms with van der Waals surface area (Å²) in [5, 5.41) is 0. The van der Waals surface area contributed by atoms with Gasteiger partial charge in [0.25, 0.3) is 0 Å². The second-order valence-electron chi connectivity index (χ2n) is 3.15. The van der Waals surface area contributed by atoms with Gasteiger partial charge in [0.05, 0.1) is 5.69 Å². The summed E-state index contributed by atoms with van der Waals surface area (Å²) < 4.78 is 0. The fourth-order valence-corrected chi connectivity index (χ4v) is 1.46. The lowest BCUT2D eigenvalue weighted by atomic mass is 9.99. The first-order valence-electron chi connectivity index (χ1n) is 4.82. The first kappa shape index (κ1) is 10.1. The monoisotopic (exact) mass is 179 g/mol. The predicted molar refractivity (Wildman–Crippen MR) is 53.2 cm³/mol. The highest BCUT2D eigenvalue weighted by Crippen LogP contribution is 2.20. The smallest absolute Gasteiger partial charge is 0.115 e. The van der Waals surface area contributed by atoms with Gasteiger partial charge in [-0.3, -0.25) is 0 Å². The summed E-state index contributed by atoms with van der Waals surface area (Å²) in [4.78, 5) is 8.34. The summed E-state index contributed by atoms with van der Waals surface area (Å²) in [5.74, 6) is 0.549. The van der Waals surface area contributed by atoms with Gasteiger partial charge in [0.15, 0.2) is 0 Å². The highest BCUT2D eigenvalue weighted by atomic mass is 14.9. The molecule has 0 fully saturated rings. The molecule has 3 nitrogen and oxygen atoms in total. The third-order valence-electron chi connectivity index (χ3n) is 2.36. The summed E-state index contributed by atoms with van der Waals surface area (Å²) in [6.45, 7) is 4.85. The van der Waals surface area contributed by atoms with E-state index in [2.05, 4.69) is 23.8 Å². The van der Waals surface area contributed by atoms with Gasteiger partial charge in [0.1, 0.15) is 6.33 Å². The number of nitrogens with zero attached hydrogens (tertiary/aromatic N) is 2. The fourth-order valence-electron chi connectivity index (χ4n) is 1.46. The zero-order chi connectivity index (χ0) is 9.68. The first-order chi connectivity index (χ1) is 6.31. The van der Waals surface area contributed by atoms with E-state index in [4.69, 9.17) is 5.73 Å². The Morgan fingerprint density at radius 3 is 2.54 bits per heavy atom. The molecule has 1 aromatic rings. The number of hydrogen-bond acceptors (Lipinski definition) is 3. The van der Waals surface area contributed by atoms with Crippen molar-refractivity contribution in [3.05, 3.63) is 23.8 Å². The van der Waals surface area contributed by atoms with E-state index in [-0.39, 0.29) is 0 Å². The molecule has 0 saturated heterocycles. The molecule has 0 amide bonds. The molecule has 0 spiro atoms. The van der Waals surface area contributed by atoms with Crippen LogP contribution in [0.2, 0.25) is 0 Å². The van der Waals surface area contributed by atoms with Gasteiger partial charge in [-0.15, -0.1) is 0 Å². The van der Waals surface area contributed by atoms with E-state index in [1.807, 2.05) is 6.07 Å². The van der Waals surface area contributed by atoms with Crippen LogP contribution in [-0.2, 0) is 6.54 Å². The molecule has 0 aromatic carbocycles. The Bertz CT molecular complexity index is 256. The van der Waals surface area contributed by atoms with E-state index in [1.54, 1.807) is 6.33 Å². The quantitative estimate of drug-likeness (QED) is 0.767. The lowest BCUT2D eigenvalue weighted by molar-refractivity contribution is 0.619. The van der Waals surface area contributed by atoms with Crippen molar-refractivity contribution in [2.75, 3.05) is 0 Å². The number of hydrogen-bond donors (Lipinski definition) is 1. The second kappa shape index (κ2) is 4.92. The van der Waals surface area contributed by atoms with Crippen LogP contribution in [-0.4, -0.2) is 9.97 Å². The molecule has 0 unspecified atom stereocenters.